The first-order chi connectivity index (χ1) is 11.3. The molecule has 24 heavy (non-hydrogen) atoms. The van der Waals surface area contributed by atoms with Crippen molar-refractivity contribution in [1.82, 2.24) is 0 Å². The van der Waals surface area contributed by atoms with Crippen LogP contribution < -0.4 is 0 Å². The van der Waals surface area contributed by atoms with Gasteiger partial charge in [0.2, 0.25) is 0 Å². The largest absolute Gasteiger partial charge is 0.483 e. The predicted molar refractivity (Wildman–Crippen MR) is 91.6 cm³/mol. The molecule has 0 atom stereocenters. The highest BCUT2D eigenvalue weighted by atomic mass is 28.5. The summed E-state index contributed by atoms with van der Waals surface area (Å²) in [6.45, 7) is 7.90. The van der Waals surface area contributed by atoms with Gasteiger partial charge in [0.25, 0.3) is 0 Å². The highest BCUT2D eigenvalue weighted by Crippen LogP contribution is 2.32. The van der Waals surface area contributed by atoms with Gasteiger partial charge in [-0.15, -0.1) is 0 Å². The van der Waals surface area contributed by atoms with Crippen molar-refractivity contribution in [2.75, 3.05) is 61.0 Å². The predicted octanol–water partition coefficient (Wildman–Crippen LogP) is 0.745. The quantitative estimate of drug-likeness (QED) is 0.347. The summed E-state index contributed by atoms with van der Waals surface area (Å²) in [6.07, 6.45) is 0. The lowest BCUT2D eigenvalue weighted by Crippen LogP contribution is -2.70. The Hall–Kier alpha value is 0.291. The van der Waals surface area contributed by atoms with Gasteiger partial charge < -0.3 is 39.8 Å². The van der Waals surface area contributed by atoms with Crippen LogP contribution in [-0.2, 0) is 39.8 Å². The monoisotopic (exact) mass is 402 g/mol. The van der Waals surface area contributed by atoms with Gasteiger partial charge >= 0.3 is 26.4 Å². The second-order valence-electron chi connectivity index (χ2n) is 5.42. The van der Waals surface area contributed by atoms with Crippen molar-refractivity contribution in [2.24, 2.45) is 0 Å². The maximum Gasteiger partial charge on any atom is 0.483 e. The molecule has 9 nitrogen and oxygen atoms in total. The van der Waals surface area contributed by atoms with E-state index in [9.17, 15) is 0 Å². The molecule has 1 aliphatic heterocycles. The third kappa shape index (κ3) is 7.67. The highest BCUT2D eigenvalue weighted by Gasteiger charge is 2.62. The maximum atomic E-state index is 6.06. The number of methoxy groups -OCH3 is 3. The van der Waals surface area contributed by atoms with E-state index in [-0.39, 0.29) is 0 Å². The van der Waals surface area contributed by atoms with Crippen LogP contribution in [0.15, 0.2) is 0 Å². The Bertz CT molecular complexity index is 302. The molecule has 0 aliphatic carbocycles. The van der Waals surface area contributed by atoms with Crippen molar-refractivity contribution in [3.63, 3.8) is 0 Å². The molecule has 0 saturated carbocycles. The average molecular weight is 403 g/mol. The first kappa shape index (κ1) is 22.3. The summed E-state index contributed by atoms with van der Waals surface area (Å²) in [5.41, 5.74) is 0. The summed E-state index contributed by atoms with van der Waals surface area (Å²) in [6, 6.07) is 0. The Balaban J connectivity index is 2.80. The fourth-order valence-corrected chi connectivity index (χ4v) is 14.7. The number of ether oxygens (including phenoxy) is 3. The van der Waals surface area contributed by atoms with Crippen LogP contribution in [0.1, 0.15) is 0 Å². The van der Waals surface area contributed by atoms with Crippen molar-refractivity contribution in [2.45, 2.75) is 19.6 Å². The van der Waals surface area contributed by atoms with E-state index < -0.39 is 26.4 Å². The molecule has 0 radical (unpaired) electrons. The molecule has 0 aromatic heterocycles. The second-order valence-corrected chi connectivity index (χ2v) is 13.9. The summed E-state index contributed by atoms with van der Waals surface area (Å²) in [5.74, 6) is 0. The van der Waals surface area contributed by atoms with E-state index in [4.69, 9.17) is 39.8 Å². The maximum absolute atomic E-state index is 6.06. The number of hydrogen-bond acceptors (Lipinski definition) is 9. The van der Waals surface area contributed by atoms with Crippen LogP contribution >= 0.6 is 0 Å². The molecule has 12 heteroatoms. The molecule has 1 fully saturated rings. The third-order valence-electron chi connectivity index (χ3n) is 3.07. The van der Waals surface area contributed by atoms with Crippen LogP contribution in [0.2, 0.25) is 19.6 Å². The summed E-state index contributed by atoms with van der Waals surface area (Å²) < 4.78 is 50.8. The summed E-state index contributed by atoms with van der Waals surface area (Å²) in [5, 5.41) is 0. The molecule has 0 bridgehead atoms. The lowest BCUT2D eigenvalue weighted by molar-refractivity contribution is 0.00252. The van der Waals surface area contributed by atoms with Crippen molar-refractivity contribution < 1.29 is 39.8 Å². The minimum atomic E-state index is -2.98. The third-order valence-corrected chi connectivity index (χ3v) is 14.2. The molecule has 1 rings (SSSR count). The molecule has 0 amide bonds. The van der Waals surface area contributed by atoms with E-state index >= 15 is 0 Å². The molecular weight excluding hydrogens is 372 g/mol. The average Bonchev–Trinajstić information content (AvgIpc) is 2.46. The molecule has 0 N–H and O–H groups in total. The Morgan fingerprint density at radius 3 is 0.958 bits per heavy atom. The van der Waals surface area contributed by atoms with Gasteiger partial charge in [0.15, 0.2) is 0 Å². The SMILES string of the molecule is COCCO[Si]1(C)O[Si](C)(OCCOC)O[Si](C)(OCCOC)O1. The van der Waals surface area contributed by atoms with E-state index in [1.807, 2.05) is 19.6 Å². The zero-order valence-corrected chi connectivity index (χ0v) is 18.4. The summed E-state index contributed by atoms with van der Waals surface area (Å²) in [7, 11) is -4.11. The fraction of sp³-hybridized carbons (Fsp3) is 1.00. The second kappa shape index (κ2) is 10.4. The van der Waals surface area contributed by atoms with Gasteiger partial charge in [-0.2, -0.15) is 0 Å². The molecule has 0 spiro atoms. The van der Waals surface area contributed by atoms with Gasteiger partial charge in [-0.25, -0.2) is 0 Å². The first-order valence-corrected chi connectivity index (χ1v) is 14.5. The van der Waals surface area contributed by atoms with Crippen molar-refractivity contribution in [3.05, 3.63) is 0 Å². The van der Waals surface area contributed by atoms with Crippen LogP contribution in [0.5, 0.6) is 0 Å². The van der Waals surface area contributed by atoms with Gasteiger partial charge in [-0.05, 0) is 0 Å². The van der Waals surface area contributed by atoms with Crippen molar-refractivity contribution in [1.29, 1.82) is 0 Å². The van der Waals surface area contributed by atoms with E-state index in [1.54, 1.807) is 21.3 Å². The Kier molecular flexibility index (Phi) is 9.72. The van der Waals surface area contributed by atoms with Crippen molar-refractivity contribution >= 4 is 26.4 Å². The summed E-state index contributed by atoms with van der Waals surface area (Å²) in [4.78, 5) is 0. The van der Waals surface area contributed by atoms with Gasteiger partial charge in [0, 0.05) is 41.0 Å². The smallest absolute Gasteiger partial charge is 0.382 e. The first-order valence-electron chi connectivity index (χ1n) is 7.79. The van der Waals surface area contributed by atoms with Gasteiger partial charge in [-0.1, -0.05) is 0 Å². The minimum absolute atomic E-state index is 0.365. The van der Waals surface area contributed by atoms with Gasteiger partial charge in [0.05, 0.1) is 39.6 Å². The van der Waals surface area contributed by atoms with Crippen LogP contribution in [0, 0.1) is 0 Å². The van der Waals surface area contributed by atoms with E-state index in [0.29, 0.717) is 39.6 Å². The number of rotatable bonds is 12. The Morgan fingerprint density at radius 2 is 0.750 bits per heavy atom. The molecule has 1 heterocycles. The van der Waals surface area contributed by atoms with Crippen molar-refractivity contribution in [3.8, 4) is 0 Å². The topological polar surface area (TPSA) is 83.1 Å². The highest BCUT2D eigenvalue weighted by molar-refractivity contribution is 6.87. The zero-order valence-electron chi connectivity index (χ0n) is 15.4. The van der Waals surface area contributed by atoms with E-state index in [0.717, 1.165) is 0 Å². The number of hydrogen-bond donors (Lipinski definition) is 0. The summed E-state index contributed by atoms with van der Waals surface area (Å²) >= 11 is 0. The molecule has 0 aromatic carbocycles. The van der Waals surface area contributed by atoms with Crippen LogP contribution in [0.3, 0.4) is 0 Å². The molecule has 1 saturated heterocycles. The van der Waals surface area contributed by atoms with Gasteiger partial charge in [-0.3, -0.25) is 0 Å². The fourth-order valence-electron chi connectivity index (χ4n) is 2.18. The van der Waals surface area contributed by atoms with Crippen LogP contribution in [-0.4, -0.2) is 87.4 Å². The molecule has 0 aromatic rings. The van der Waals surface area contributed by atoms with Gasteiger partial charge in [0.1, 0.15) is 0 Å². The minimum Gasteiger partial charge on any atom is -0.382 e. The molecular formula is C12H30O9Si3. The Labute approximate surface area is 147 Å². The molecule has 144 valence electrons. The zero-order chi connectivity index (χ0) is 18.1. The van der Waals surface area contributed by atoms with Crippen LogP contribution in [0.4, 0.5) is 0 Å². The van der Waals surface area contributed by atoms with E-state index in [1.165, 1.54) is 0 Å². The lowest BCUT2D eigenvalue weighted by atomic mass is 10.8. The molecule has 0 unspecified atom stereocenters. The Morgan fingerprint density at radius 1 is 0.500 bits per heavy atom. The van der Waals surface area contributed by atoms with E-state index in [2.05, 4.69) is 0 Å². The van der Waals surface area contributed by atoms with Crippen LogP contribution in [0.25, 0.3) is 0 Å². The lowest BCUT2D eigenvalue weighted by Gasteiger charge is -2.46. The normalized spacial score (nSPS) is 33.8. The standard InChI is InChI=1S/C12H30O9Si3/c1-13-7-10-16-22(4)19-23(5,17-11-8-14-2)21-24(6,20-22)18-12-9-15-3/h7-12H2,1-6H3. The molecule has 1 aliphatic rings.